The zero-order valence-corrected chi connectivity index (χ0v) is 5.92. The third kappa shape index (κ3) is 2.21. The van der Waals surface area contributed by atoms with Gasteiger partial charge in [-0.05, 0) is 12.3 Å². The van der Waals surface area contributed by atoms with Crippen LogP contribution in [0.2, 0.25) is 0 Å². The summed E-state index contributed by atoms with van der Waals surface area (Å²) in [6, 6.07) is 0. The van der Waals surface area contributed by atoms with Crippen LogP contribution < -0.4 is 0 Å². The molecular formula is C8H12O2. The van der Waals surface area contributed by atoms with Crippen molar-refractivity contribution in [2.45, 2.75) is 25.7 Å². The SMILES string of the molecule is O=C(O)/C=C/CC1CCC1. The summed E-state index contributed by atoms with van der Waals surface area (Å²) in [5.41, 5.74) is 0. The minimum Gasteiger partial charge on any atom is -0.478 e. The highest BCUT2D eigenvalue weighted by molar-refractivity contribution is 5.79. The molecule has 1 aliphatic carbocycles. The Balaban J connectivity index is 2.08. The zero-order chi connectivity index (χ0) is 7.40. The van der Waals surface area contributed by atoms with Crippen molar-refractivity contribution in [3.63, 3.8) is 0 Å². The second-order valence-electron chi connectivity index (χ2n) is 2.77. The van der Waals surface area contributed by atoms with Crippen molar-refractivity contribution in [1.82, 2.24) is 0 Å². The summed E-state index contributed by atoms with van der Waals surface area (Å²) in [5, 5.41) is 8.23. The van der Waals surface area contributed by atoms with E-state index in [9.17, 15) is 4.79 Å². The molecule has 0 amide bonds. The van der Waals surface area contributed by atoms with Crippen molar-refractivity contribution >= 4 is 5.97 Å². The molecule has 0 aromatic rings. The van der Waals surface area contributed by atoms with Crippen molar-refractivity contribution < 1.29 is 9.90 Å². The van der Waals surface area contributed by atoms with E-state index in [1.165, 1.54) is 25.3 Å². The van der Waals surface area contributed by atoms with Gasteiger partial charge in [-0.2, -0.15) is 0 Å². The number of carboxylic acid groups (broad SMARTS) is 1. The average molecular weight is 140 g/mol. The number of allylic oxidation sites excluding steroid dienone is 1. The van der Waals surface area contributed by atoms with Crippen LogP contribution in [0.4, 0.5) is 0 Å². The molecule has 0 radical (unpaired) electrons. The van der Waals surface area contributed by atoms with Crippen LogP contribution in [-0.2, 0) is 4.79 Å². The van der Waals surface area contributed by atoms with Crippen molar-refractivity contribution in [3.8, 4) is 0 Å². The molecule has 0 bridgehead atoms. The molecule has 0 spiro atoms. The summed E-state index contributed by atoms with van der Waals surface area (Å²) < 4.78 is 0. The van der Waals surface area contributed by atoms with Gasteiger partial charge >= 0.3 is 5.97 Å². The molecule has 1 fully saturated rings. The van der Waals surface area contributed by atoms with Gasteiger partial charge in [0.2, 0.25) is 0 Å². The van der Waals surface area contributed by atoms with Crippen molar-refractivity contribution in [2.24, 2.45) is 5.92 Å². The largest absolute Gasteiger partial charge is 0.478 e. The first-order chi connectivity index (χ1) is 4.79. The van der Waals surface area contributed by atoms with E-state index >= 15 is 0 Å². The second-order valence-corrected chi connectivity index (χ2v) is 2.77. The van der Waals surface area contributed by atoms with Gasteiger partial charge in [0.05, 0.1) is 0 Å². The maximum Gasteiger partial charge on any atom is 0.327 e. The molecule has 10 heavy (non-hydrogen) atoms. The molecule has 0 aliphatic heterocycles. The minimum atomic E-state index is -0.834. The van der Waals surface area contributed by atoms with Crippen LogP contribution in [0.25, 0.3) is 0 Å². The Bertz CT molecular complexity index is 145. The van der Waals surface area contributed by atoms with Crippen LogP contribution in [-0.4, -0.2) is 11.1 Å². The van der Waals surface area contributed by atoms with Gasteiger partial charge < -0.3 is 5.11 Å². The van der Waals surface area contributed by atoms with Crippen molar-refractivity contribution in [2.75, 3.05) is 0 Å². The maximum absolute atomic E-state index is 10.0. The van der Waals surface area contributed by atoms with E-state index < -0.39 is 5.97 Å². The lowest BCUT2D eigenvalue weighted by molar-refractivity contribution is -0.131. The number of carbonyl (C=O) groups is 1. The Morgan fingerprint density at radius 1 is 1.60 bits per heavy atom. The molecule has 0 heterocycles. The predicted molar refractivity (Wildman–Crippen MR) is 38.7 cm³/mol. The van der Waals surface area contributed by atoms with Gasteiger partial charge in [-0.1, -0.05) is 25.3 Å². The smallest absolute Gasteiger partial charge is 0.327 e. The number of carboxylic acids is 1. The maximum atomic E-state index is 10.0. The van der Waals surface area contributed by atoms with Crippen LogP contribution in [0, 0.1) is 5.92 Å². The summed E-state index contributed by atoms with van der Waals surface area (Å²) in [6.07, 6.45) is 7.83. The van der Waals surface area contributed by atoms with Gasteiger partial charge in [0.25, 0.3) is 0 Å². The Labute approximate surface area is 60.6 Å². The third-order valence-corrected chi connectivity index (χ3v) is 1.95. The molecule has 2 heteroatoms. The quantitative estimate of drug-likeness (QED) is 0.607. The molecule has 2 nitrogen and oxygen atoms in total. The molecule has 0 aromatic carbocycles. The van der Waals surface area contributed by atoms with E-state index in [4.69, 9.17) is 5.11 Å². The summed E-state index contributed by atoms with van der Waals surface area (Å²) in [6.45, 7) is 0. The summed E-state index contributed by atoms with van der Waals surface area (Å²) in [5.74, 6) is -0.0603. The number of hydrogen-bond donors (Lipinski definition) is 1. The molecule has 1 aliphatic rings. The van der Waals surface area contributed by atoms with Crippen LogP contribution in [0.15, 0.2) is 12.2 Å². The predicted octanol–water partition coefficient (Wildman–Crippen LogP) is 1.82. The normalized spacial score (nSPS) is 19.2. The Kier molecular flexibility index (Phi) is 2.49. The molecular weight excluding hydrogens is 128 g/mol. The first kappa shape index (κ1) is 7.32. The Morgan fingerprint density at radius 3 is 2.70 bits per heavy atom. The van der Waals surface area contributed by atoms with E-state index in [0.717, 1.165) is 12.3 Å². The third-order valence-electron chi connectivity index (χ3n) is 1.95. The summed E-state index contributed by atoms with van der Waals surface area (Å²) >= 11 is 0. The van der Waals surface area contributed by atoms with E-state index in [1.54, 1.807) is 6.08 Å². The lowest BCUT2D eigenvalue weighted by Gasteiger charge is -2.23. The first-order valence-electron chi connectivity index (χ1n) is 3.68. The highest BCUT2D eigenvalue weighted by Gasteiger charge is 2.14. The Morgan fingerprint density at radius 2 is 2.30 bits per heavy atom. The molecule has 0 saturated heterocycles. The highest BCUT2D eigenvalue weighted by atomic mass is 16.4. The van der Waals surface area contributed by atoms with Gasteiger partial charge in [0.1, 0.15) is 0 Å². The molecule has 56 valence electrons. The van der Waals surface area contributed by atoms with E-state index in [0.29, 0.717) is 0 Å². The number of hydrogen-bond acceptors (Lipinski definition) is 1. The fourth-order valence-electron chi connectivity index (χ4n) is 1.09. The second kappa shape index (κ2) is 3.40. The lowest BCUT2D eigenvalue weighted by Crippen LogP contribution is -2.09. The van der Waals surface area contributed by atoms with Crippen LogP contribution in [0.1, 0.15) is 25.7 Å². The standard InChI is InChI=1S/C8H12O2/c9-8(10)6-2-5-7-3-1-4-7/h2,6-7H,1,3-5H2,(H,9,10)/b6-2+. The summed E-state index contributed by atoms with van der Waals surface area (Å²) in [7, 11) is 0. The van der Waals surface area contributed by atoms with Gasteiger partial charge in [-0.15, -0.1) is 0 Å². The monoisotopic (exact) mass is 140 g/mol. The van der Waals surface area contributed by atoms with Crippen molar-refractivity contribution in [1.29, 1.82) is 0 Å². The summed E-state index contributed by atoms with van der Waals surface area (Å²) in [4.78, 5) is 10.0. The average Bonchev–Trinajstić information content (AvgIpc) is 1.75. The number of rotatable bonds is 3. The fourth-order valence-corrected chi connectivity index (χ4v) is 1.09. The first-order valence-corrected chi connectivity index (χ1v) is 3.68. The van der Waals surface area contributed by atoms with Crippen LogP contribution in [0.5, 0.6) is 0 Å². The lowest BCUT2D eigenvalue weighted by atomic mass is 9.83. The van der Waals surface area contributed by atoms with Crippen LogP contribution >= 0.6 is 0 Å². The fraction of sp³-hybridized carbons (Fsp3) is 0.625. The molecule has 1 rings (SSSR count). The van der Waals surface area contributed by atoms with Gasteiger partial charge in [-0.25, -0.2) is 4.79 Å². The minimum absolute atomic E-state index is 0.774. The molecule has 0 unspecified atom stereocenters. The van der Waals surface area contributed by atoms with Gasteiger partial charge in [0, 0.05) is 6.08 Å². The molecule has 0 aromatic heterocycles. The zero-order valence-electron chi connectivity index (χ0n) is 5.92. The topological polar surface area (TPSA) is 37.3 Å². The number of aliphatic carboxylic acids is 1. The Hall–Kier alpha value is -0.790. The van der Waals surface area contributed by atoms with Gasteiger partial charge in [-0.3, -0.25) is 0 Å². The van der Waals surface area contributed by atoms with E-state index in [2.05, 4.69) is 0 Å². The molecule has 1 N–H and O–H groups in total. The highest BCUT2D eigenvalue weighted by Crippen LogP contribution is 2.29. The van der Waals surface area contributed by atoms with Gasteiger partial charge in [0.15, 0.2) is 0 Å². The molecule has 0 atom stereocenters. The molecule has 1 saturated carbocycles. The van der Waals surface area contributed by atoms with E-state index in [-0.39, 0.29) is 0 Å². The van der Waals surface area contributed by atoms with Crippen molar-refractivity contribution in [3.05, 3.63) is 12.2 Å². The van der Waals surface area contributed by atoms with Crippen LogP contribution in [0.3, 0.4) is 0 Å². The van der Waals surface area contributed by atoms with E-state index in [1.807, 2.05) is 0 Å².